The fourth-order valence-electron chi connectivity index (χ4n) is 2.10. The third-order valence-electron chi connectivity index (χ3n) is 3.51. The number of carboxylic acids is 1. The van der Waals surface area contributed by atoms with E-state index in [2.05, 4.69) is 5.32 Å². The Balaban J connectivity index is 1.87. The summed E-state index contributed by atoms with van der Waals surface area (Å²) in [6.07, 6.45) is 0.875. The Kier molecular flexibility index (Phi) is 5.03. The number of amides is 1. The number of carbonyl (C=O) groups is 2. The van der Waals surface area contributed by atoms with E-state index in [1.165, 1.54) is 13.8 Å². The molecule has 1 aromatic carbocycles. The molecule has 6 nitrogen and oxygen atoms in total. The lowest BCUT2D eigenvalue weighted by molar-refractivity contribution is -0.148. The number of carboxylic acid groups (broad SMARTS) is 1. The van der Waals surface area contributed by atoms with Crippen molar-refractivity contribution >= 4 is 17.6 Å². The van der Waals surface area contributed by atoms with Crippen molar-refractivity contribution in [2.75, 3.05) is 18.5 Å². The van der Waals surface area contributed by atoms with Gasteiger partial charge in [-0.1, -0.05) is 0 Å². The fourth-order valence-corrected chi connectivity index (χ4v) is 2.10. The SMILES string of the molecule is CC(C)(CC(=O)Nc1ccc(OC2CCOC2)cc1)C(=O)O. The van der Waals surface area contributed by atoms with Crippen molar-refractivity contribution in [2.45, 2.75) is 32.8 Å². The van der Waals surface area contributed by atoms with Crippen LogP contribution in [0.1, 0.15) is 26.7 Å². The zero-order chi connectivity index (χ0) is 16.2. The second kappa shape index (κ2) is 6.79. The van der Waals surface area contributed by atoms with Crippen LogP contribution in [-0.2, 0) is 14.3 Å². The van der Waals surface area contributed by atoms with Gasteiger partial charge in [-0.15, -0.1) is 0 Å². The Bertz CT molecular complexity index is 532. The minimum atomic E-state index is -1.09. The first-order valence-electron chi connectivity index (χ1n) is 7.24. The molecule has 6 heteroatoms. The standard InChI is InChI=1S/C16H21NO5/c1-16(2,15(19)20)9-14(18)17-11-3-5-12(6-4-11)22-13-7-8-21-10-13/h3-6,13H,7-10H2,1-2H3,(H,17,18)(H,19,20). The monoisotopic (exact) mass is 307 g/mol. The van der Waals surface area contributed by atoms with E-state index in [9.17, 15) is 9.59 Å². The highest BCUT2D eigenvalue weighted by molar-refractivity contribution is 5.94. The van der Waals surface area contributed by atoms with E-state index in [0.717, 1.165) is 18.8 Å². The van der Waals surface area contributed by atoms with Crippen LogP contribution < -0.4 is 10.1 Å². The molecule has 1 amide bonds. The second-order valence-corrected chi connectivity index (χ2v) is 6.04. The average molecular weight is 307 g/mol. The summed E-state index contributed by atoms with van der Waals surface area (Å²) in [7, 11) is 0. The number of carbonyl (C=O) groups excluding carboxylic acids is 1. The topological polar surface area (TPSA) is 84.9 Å². The number of nitrogens with one attached hydrogen (secondary N) is 1. The summed E-state index contributed by atoms with van der Waals surface area (Å²) in [6.45, 7) is 4.37. The molecule has 1 aromatic rings. The van der Waals surface area contributed by atoms with Crippen LogP contribution in [0, 0.1) is 5.41 Å². The summed E-state index contributed by atoms with van der Waals surface area (Å²) in [6, 6.07) is 7.01. The predicted molar refractivity (Wildman–Crippen MR) is 81.0 cm³/mol. The van der Waals surface area contributed by atoms with Crippen LogP contribution in [0.4, 0.5) is 5.69 Å². The summed E-state index contributed by atoms with van der Waals surface area (Å²) in [5.74, 6) is -0.602. The largest absolute Gasteiger partial charge is 0.488 e. The highest BCUT2D eigenvalue weighted by Gasteiger charge is 2.30. The molecule has 0 saturated carbocycles. The van der Waals surface area contributed by atoms with Crippen molar-refractivity contribution in [1.29, 1.82) is 0 Å². The van der Waals surface area contributed by atoms with E-state index in [4.69, 9.17) is 14.6 Å². The molecule has 1 saturated heterocycles. The maximum absolute atomic E-state index is 11.9. The summed E-state index contributed by atoms with van der Waals surface area (Å²) >= 11 is 0. The van der Waals surface area contributed by atoms with E-state index in [-0.39, 0.29) is 18.4 Å². The van der Waals surface area contributed by atoms with Crippen LogP contribution in [0.15, 0.2) is 24.3 Å². The van der Waals surface area contributed by atoms with Gasteiger partial charge in [0.1, 0.15) is 11.9 Å². The van der Waals surface area contributed by atoms with Gasteiger partial charge in [0.25, 0.3) is 0 Å². The minimum absolute atomic E-state index is 0.0804. The lowest BCUT2D eigenvalue weighted by atomic mass is 9.89. The zero-order valence-electron chi connectivity index (χ0n) is 12.8. The maximum Gasteiger partial charge on any atom is 0.309 e. The molecule has 120 valence electrons. The fraction of sp³-hybridized carbons (Fsp3) is 0.500. The number of anilines is 1. The van der Waals surface area contributed by atoms with Crippen molar-refractivity contribution in [3.05, 3.63) is 24.3 Å². The Morgan fingerprint density at radius 1 is 1.36 bits per heavy atom. The van der Waals surface area contributed by atoms with E-state index in [1.54, 1.807) is 24.3 Å². The number of hydrogen-bond acceptors (Lipinski definition) is 4. The van der Waals surface area contributed by atoms with E-state index < -0.39 is 11.4 Å². The summed E-state index contributed by atoms with van der Waals surface area (Å²) in [4.78, 5) is 22.9. The van der Waals surface area contributed by atoms with Crippen molar-refractivity contribution in [2.24, 2.45) is 5.41 Å². The Hall–Kier alpha value is -2.08. The molecule has 2 N–H and O–H groups in total. The molecule has 0 aliphatic carbocycles. The minimum Gasteiger partial charge on any atom is -0.488 e. The van der Waals surface area contributed by atoms with Crippen LogP contribution in [0.3, 0.4) is 0 Å². The van der Waals surface area contributed by atoms with Crippen LogP contribution >= 0.6 is 0 Å². The molecule has 0 aromatic heterocycles. The molecule has 1 fully saturated rings. The lowest BCUT2D eigenvalue weighted by Gasteiger charge is -2.18. The van der Waals surface area contributed by atoms with E-state index in [0.29, 0.717) is 12.3 Å². The number of hydrogen-bond donors (Lipinski definition) is 2. The molecule has 2 rings (SSSR count). The molecular weight excluding hydrogens is 286 g/mol. The maximum atomic E-state index is 11.9. The molecule has 1 aliphatic heterocycles. The van der Waals surface area contributed by atoms with Gasteiger partial charge in [-0.2, -0.15) is 0 Å². The number of ether oxygens (including phenoxy) is 2. The molecule has 1 heterocycles. The quantitative estimate of drug-likeness (QED) is 0.842. The van der Waals surface area contributed by atoms with Crippen molar-refractivity contribution in [1.82, 2.24) is 0 Å². The normalized spacial score (nSPS) is 18.0. The third kappa shape index (κ3) is 4.46. The van der Waals surface area contributed by atoms with Crippen LogP contribution in [0.2, 0.25) is 0 Å². The van der Waals surface area contributed by atoms with E-state index in [1.807, 2.05) is 0 Å². The number of benzene rings is 1. The summed E-state index contributed by atoms with van der Waals surface area (Å²) in [5, 5.41) is 11.7. The van der Waals surface area contributed by atoms with Crippen LogP contribution in [0.25, 0.3) is 0 Å². The Morgan fingerprint density at radius 2 is 2.05 bits per heavy atom. The molecule has 0 bridgehead atoms. The van der Waals surface area contributed by atoms with E-state index >= 15 is 0 Å². The molecule has 1 atom stereocenters. The molecule has 22 heavy (non-hydrogen) atoms. The van der Waals surface area contributed by atoms with Gasteiger partial charge in [0.15, 0.2) is 0 Å². The molecular formula is C16H21NO5. The zero-order valence-corrected chi connectivity index (χ0v) is 12.8. The third-order valence-corrected chi connectivity index (χ3v) is 3.51. The number of rotatable bonds is 6. The van der Waals surface area contributed by atoms with Gasteiger partial charge in [-0.25, -0.2) is 0 Å². The highest BCUT2D eigenvalue weighted by atomic mass is 16.5. The number of aliphatic carboxylic acids is 1. The Morgan fingerprint density at radius 3 is 2.59 bits per heavy atom. The van der Waals surface area contributed by atoms with Crippen LogP contribution in [0.5, 0.6) is 5.75 Å². The first-order chi connectivity index (χ1) is 10.4. The first kappa shape index (κ1) is 16.3. The molecule has 1 unspecified atom stereocenters. The predicted octanol–water partition coefficient (Wildman–Crippen LogP) is 2.29. The summed E-state index contributed by atoms with van der Waals surface area (Å²) < 4.78 is 11.0. The first-order valence-corrected chi connectivity index (χ1v) is 7.24. The lowest BCUT2D eigenvalue weighted by Crippen LogP contribution is -2.29. The molecule has 0 radical (unpaired) electrons. The second-order valence-electron chi connectivity index (χ2n) is 6.04. The van der Waals surface area contributed by atoms with Gasteiger partial charge >= 0.3 is 5.97 Å². The van der Waals surface area contributed by atoms with Gasteiger partial charge in [0, 0.05) is 18.5 Å². The van der Waals surface area contributed by atoms with Crippen molar-refractivity contribution in [3.63, 3.8) is 0 Å². The summed E-state index contributed by atoms with van der Waals surface area (Å²) in [5.41, 5.74) is -0.475. The van der Waals surface area contributed by atoms with Gasteiger partial charge in [0.2, 0.25) is 5.91 Å². The average Bonchev–Trinajstić information content (AvgIpc) is 2.93. The van der Waals surface area contributed by atoms with Gasteiger partial charge in [-0.3, -0.25) is 9.59 Å². The molecule has 0 spiro atoms. The van der Waals surface area contributed by atoms with Crippen molar-refractivity contribution in [3.8, 4) is 5.75 Å². The molecule has 1 aliphatic rings. The van der Waals surface area contributed by atoms with Crippen LogP contribution in [-0.4, -0.2) is 36.3 Å². The Labute approximate surface area is 129 Å². The highest BCUT2D eigenvalue weighted by Crippen LogP contribution is 2.23. The van der Waals surface area contributed by atoms with Gasteiger partial charge in [0.05, 0.1) is 18.6 Å². The smallest absolute Gasteiger partial charge is 0.309 e. The van der Waals surface area contributed by atoms with Gasteiger partial charge in [-0.05, 0) is 38.1 Å². The van der Waals surface area contributed by atoms with Gasteiger partial charge < -0.3 is 19.9 Å². The van der Waals surface area contributed by atoms with Crippen molar-refractivity contribution < 1.29 is 24.2 Å².